The number of ether oxygens (including phenoxy) is 1. The molecule has 0 spiro atoms. The van der Waals surface area contributed by atoms with Crippen LogP contribution in [0, 0.1) is 0 Å². The summed E-state index contributed by atoms with van der Waals surface area (Å²) in [7, 11) is 0. The molecule has 4 nitrogen and oxygen atoms in total. The van der Waals surface area contributed by atoms with E-state index in [4.69, 9.17) is 16.2 Å². The van der Waals surface area contributed by atoms with Crippen molar-refractivity contribution < 1.29 is 9.53 Å². The first kappa shape index (κ1) is 12.0. The smallest absolute Gasteiger partial charge is 0.243 e. The number of fused-ring (bicyclic) bond motifs is 1. The van der Waals surface area contributed by atoms with Crippen molar-refractivity contribution >= 4 is 27.3 Å². The minimum absolute atomic E-state index is 0.0875. The molecule has 0 saturated carbocycles. The molecule has 1 unspecified atom stereocenters. The van der Waals surface area contributed by atoms with E-state index in [0.717, 1.165) is 10.9 Å². The molecule has 1 heterocycles. The van der Waals surface area contributed by atoms with E-state index in [1.54, 1.807) is 11.3 Å². The maximum absolute atomic E-state index is 10.5. The number of thiophene rings is 1. The van der Waals surface area contributed by atoms with Crippen molar-refractivity contribution in [1.29, 1.82) is 0 Å². The van der Waals surface area contributed by atoms with Gasteiger partial charge in [-0.1, -0.05) is 18.2 Å². The molecule has 2 rings (SSSR count). The van der Waals surface area contributed by atoms with Gasteiger partial charge in [0.05, 0.1) is 12.6 Å². The van der Waals surface area contributed by atoms with Crippen molar-refractivity contribution in [3.63, 3.8) is 0 Å². The average Bonchev–Trinajstić information content (AvgIpc) is 2.72. The lowest BCUT2D eigenvalue weighted by atomic mass is 10.1. The molecule has 0 aliphatic rings. The molecule has 90 valence electrons. The van der Waals surface area contributed by atoms with Crippen molar-refractivity contribution in [3.05, 3.63) is 35.2 Å². The highest BCUT2D eigenvalue weighted by atomic mass is 32.1. The van der Waals surface area contributed by atoms with Gasteiger partial charge in [-0.05, 0) is 22.4 Å². The van der Waals surface area contributed by atoms with Crippen LogP contribution < -0.4 is 11.5 Å². The monoisotopic (exact) mass is 250 g/mol. The highest BCUT2D eigenvalue weighted by Gasteiger charge is 2.12. The minimum atomic E-state index is -0.479. The van der Waals surface area contributed by atoms with E-state index in [-0.39, 0.29) is 12.6 Å². The van der Waals surface area contributed by atoms with Crippen LogP contribution in [0.2, 0.25) is 0 Å². The summed E-state index contributed by atoms with van der Waals surface area (Å²) >= 11 is 1.65. The normalized spacial score (nSPS) is 12.8. The molecule has 0 fully saturated rings. The highest BCUT2D eigenvalue weighted by molar-refractivity contribution is 7.17. The topological polar surface area (TPSA) is 78.3 Å². The molecule has 0 aliphatic carbocycles. The summed E-state index contributed by atoms with van der Waals surface area (Å²) in [5, 5.41) is 3.18. The highest BCUT2D eigenvalue weighted by Crippen LogP contribution is 2.29. The van der Waals surface area contributed by atoms with Crippen LogP contribution in [0.4, 0.5) is 0 Å². The number of hydrogen-bond acceptors (Lipinski definition) is 4. The Bertz CT molecular complexity index is 524. The first-order chi connectivity index (χ1) is 8.18. The van der Waals surface area contributed by atoms with Crippen molar-refractivity contribution in [2.75, 3.05) is 13.2 Å². The lowest BCUT2D eigenvalue weighted by Crippen LogP contribution is -2.23. The number of primary amides is 1. The van der Waals surface area contributed by atoms with E-state index in [1.807, 2.05) is 23.6 Å². The van der Waals surface area contributed by atoms with E-state index >= 15 is 0 Å². The minimum Gasteiger partial charge on any atom is -0.370 e. The molecule has 2 aromatic rings. The average molecular weight is 250 g/mol. The fourth-order valence-electron chi connectivity index (χ4n) is 1.66. The second-order valence-electron chi connectivity index (χ2n) is 3.78. The summed E-state index contributed by atoms with van der Waals surface area (Å²) in [6, 6.07) is 7.84. The van der Waals surface area contributed by atoms with E-state index in [1.165, 1.54) is 4.70 Å². The van der Waals surface area contributed by atoms with Gasteiger partial charge in [0, 0.05) is 4.70 Å². The molecule has 5 heteroatoms. The second kappa shape index (κ2) is 5.27. The van der Waals surface area contributed by atoms with E-state index < -0.39 is 5.91 Å². The maximum atomic E-state index is 10.5. The molecule has 1 aromatic heterocycles. The van der Waals surface area contributed by atoms with Crippen LogP contribution in [0.25, 0.3) is 10.1 Å². The molecule has 0 saturated heterocycles. The molecule has 0 aliphatic heterocycles. The Labute approximate surface area is 103 Å². The van der Waals surface area contributed by atoms with E-state index in [9.17, 15) is 4.79 Å². The van der Waals surface area contributed by atoms with Gasteiger partial charge in [-0.15, -0.1) is 11.3 Å². The first-order valence-electron chi connectivity index (χ1n) is 5.26. The molecular formula is C12H14N2O2S. The van der Waals surface area contributed by atoms with Crippen LogP contribution >= 0.6 is 11.3 Å². The van der Waals surface area contributed by atoms with E-state index in [2.05, 4.69) is 6.07 Å². The SMILES string of the molecule is NC(=O)COCC(N)c1csc2ccccc12. The Hall–Kier alpha value is -1.43. The summed E-state index contributed by atoms with van der Waals surface area (Å²) in [4.78, 5) is 10.5. The molecule has 1 amide bonds. The van der Waals surface area contributed by atoms with Gasteiger partial charge in [0.2, 0.25) is 5.91 Å². The fraction of sp³-hybridized carbons (Fsp3) is 0.250. The molecule has 4 N–H and O–H groups in total. The lowest BCUT2D eigenvalue weighted by molar-refractivity contribution is -0.122. The van der Waals surface area contributed by atoms with Gasteiger partial charge in [0.25, 0.3) is 0 Å². The third kappa shape index (κ3) is 2.82. The zero-order valence-corrected chi connectivity index (χ0v) is 10.1. The standard InChI is InChI=1S/C12H14N2O2S/c13-10(5-16-6-12(14)15)9-7-17-11-4-2-1-3-8(9)11/h1-4,7,10H,5-6,13H2,(H2,14,15). The zero-order valence-electron chi connectivity index (χ0n) is 9.26. The van der Waals surface area contributed by atoms with Crippen molar-refractivity contribution in [2.45, 2.75) is 6.04 Å². The van der Waals surface area contributed by atoms with Crippen molar-refractivity contribution in [2.24, 2.45) is 11.5 Å². The van der Waals surface area contributed by atoms with Crippen LogP contribution in [-0.2, 0) is 9.53 Å². The van der Waals surface area contributed by atoms with Gasteiger partial charge in [0.15, 0.2) is 0 Å². The van der Waals surface area contributed by atoms with Crippen LogP contribution in [0.1, 0.15) is 11.6 Å². The molecule has 1 atom stereocenters. The Morgan fingerprint density at radius 2 is 2.18 bits per heavy atom. The summed E-state index contributed by atoms with van der Waals surface area (Å²) in [5.41, 5.74) is 12.1. The number of hydrogen-bond donors (Lipinski definition) is 2. The first-order valence-corrected chi connectivity index (χ1v) is 6.14. The molecule has 1 aromatic carbocycles. The van der Waals surface area contributed by atoms with E-state index in [0.29, 0.717) is 6.61 Å². The van der Waals surface area contributed by atoms with Gasteiger partial charge in [-0.3, -0.25) is 4.79 Å². The Kier molecular flexibility index (Phi) is 3.73. The largest absolute Gasteiger partial charge is 0.370 e. The Morgan fingerprint density at radius 3 is 2.94 bits per heavy atom. The molecule has 0 radical (unpaired) electrons. The predicted octanol–water partition coefficient (Wildman–Crippen LogP) is 1.40. The predicted molar refractivity (Wildman–Crippen MR) is 68.8 cm³/mol. The number of amides is 1. The van der Waals surface area contributed by atoms with Crippen molar-refractivity contribution in [3.8, 4) is 0 Å². The van der Waals surface area contributed by atoms with Gasteiger partial charge < -0.3 is 16.2 Å². The lowest BCUT2D eigenvalue weighted by Gasteiger charge is -2.10. The number of benzene rings is 1. The fourth-order valence-corrected chi connectivity index (χ4v) is 2.69. The van der Waals surface area contributed by atoms with Crippen LogP contribution in [0.3, 0.4) is 0 Å². The third-order valence-electron chi connectivity index (χ3n) is 2.45. The van der Waals surface area contributed by atoms with Crippen LogP contribution in [0.15, 0.2) is 29.6 Å². The quantitative estimate of drug-likeness (QED) is 0.842. The molecule has 0 bridgehead atoms. The van der Waals surface area contributed by atoms with Crippen molar-refractivity contribution in [1.82, 2.24) is 0 Å². The van der Waals surface area contributed by atoms with Gasteiger partial charge in [0.1, 0.15) is 6.61 Å². The summed E-state index contributed by atoms with van der Waals surface area (Å²) < 4.78 is 6.34. The number of carbonyl (C=O) groups excluding carboxylic acids is 1. The van der Waals surface area contributed by atoms with Crippen LogP contribution in [0.5, 0.6) is 0 Å². The summed E-state index contributed by atoms with van der Waals surface area (Å²) in [5.74, 6) is -0.479. The number of carbonyl (C=O) groups is 1. The van der Waals surface area contributed by atoms with Crippen LogP contribution in [-0.4, -0.2) is 19.1 Å². The van der Waals surface area contributed by atoms with Gasteiger partial charge >= 0.3 is 0 Å². The maximum Gasteiger partial charge on any atom is 0.243 e. The van der Waals surface area contributed by atoms with Gasteiger partial charge in [-0.2, -0.15) is 0 Å². The zero-order chi connectivity index (χ0) is 12.3. The summed E-state index contributed by atoms with van der Waals surface area (Å²) in [6.45, 7) is 0.208. The Morgan fingerprint density at radius 1 is 1.41 bits per heavy atom. The second-order valence-corrected chi connectivity index (χ2v) is 4.69. The third-order valence-corrected chi connectivity index (χ3v) is 3.43. The number of rotatable bonds is 5. The molecule has 17 heavy (non-hydrogen) atoms. The molecular weight excluding hydrogens is 236 g/mol. The summed E-state index contributed by atoms with van der Waals surface area (Å²) in [6.07, 6.45) is 0. The number of nitrogens with two attached hydrogens (primary N) is 2. The Balaban J connectivity index is 2.08. The van der Waals surface area contributed by atoms with Gasteiger partial charge in [-0.25, -0.2) is 0 Å².